The first-order valence-corrected chi connectivity index (χ1v) is 4.77. The lowest BCUT2D eigenvalue weighted by Gasteiger charge is -2.29. The van der Waals surface area contributed by atoms with Crippen LogP contribution in [0.1, 0.15) is 23.6 Å². The van der Waals surface area contributed by atoms with E-state index in [1.165, 1.54) is 11.1 Å². The maximum absolute atomic E-state index is 5.87. The molecule has 1 aliphatic heterocycles. The lowest BCUT2D eigenvalue weighted by molar-refractivity contribution is 0.224. The van der Waals surface area contributed by atoms with E-state index in [0.29, 0.717) is 0 Å². The van der Waals surface area contributed by atoms with Crippen molar-refractivity contribution < 1.29 is 4.74 Å². The molecular weight excluding hydrogens is 171 g/mol. The highest BCUT2D eigenvalue weighted by molar-refractivity contribution is 6.16. The van der Waals surface area contributed by atoms with Gasteiger partial charge in [-0.3, -0.25) is 0 Å². The smallest absolute Gasteiger partial charge is 0.137 e. The molecule has 1 aromatic carbocycles. The molecule has 1 unspecified atom stereocenters. The Morgan fingerprint density at radius 2 is 2.00 bits per heavy atom. The van der Waals surface area contributed by atoms with E-state index in [2.05, 4.69) is 19.9 Å². The summed E-state index contributed by atoms with van der Waals surface area (Å²) in [6, 6.07) is 4.04. The molecule has 0 bridgehead atoms. The van der Waals surface area contributed by atoms with E-state index in [9.17, 15) is 0 Å². The minimum atomic E-state index is -0.672. The number of hydrogen-bond acceptors (Lipinski definition) is 1. The predicted octanol–water partition coefficient (Wildman–Crippen LogP) is 2.59. The molecule has 2 radical (unpaired) electrons. The molecule has 1 atom stereocenters. The van der Waals surface area contributed by atoms with Gasteiger partial charge in [-0.25, -0.2) is 0 Å². The zero-order valence-electron chi connectivity index (χ0n) is 8.79. The van der Waals surface area contributed by atoms with Gasteiger partial charge in [-0.05, 0) is 38.0 Å². The van der Waals surface area contributed by atoms with E-state index in [-0.39, 0.29) is 0 Å². The van der Waals surface area contributed by atoms with Crippen molar-refractivity contribution in [3.05, 3.63) is 34.9 Å². The molecule has 1 heterocycles. The SMILES string of the molecule is [B]C1(C)C=Cc2c(ccc(C)c2C)O1. The Labute approximate surface area is 86.2 Å². The first-order chi connectivity index (χ1) is 6.49. The Kier molecular flexibility index (Phi) is 1.95. The average Bonchev–Trinajstić information content (AvgIpc) is 2.10. The summed E-state index contributed by atoms with van der Waals surface area (Å²) in [5.74, 6) is 0.876. The maximum Gasteiger partial charge on any atom is 0.137 e. The Morgan fingerprint density at radius 3 is 2.71 bits per heavy atom. The van der Waals surface area contributed by atoms with Gasteiger partial charge in [0.25, 0.3) is 0 Å². The molecule has 1 nitrogen and oxygen atoms in total. The third-order valence-corrected chi connectivity index (χ3v) is 2.66. The van der Waals surface area contributed by atoms with E-state index in [1.54, 1.807) is 0 Å². The van der Waals surface area contributed by atoms with Crippen LogP contribution in [0.25, 0.3) is 6.08 Å². The summed E-state index contributed by atoms with van der Waals surface area (Å²) in [5, 5.41) is 0. The van der Waals surface area contributed by atoms with Gasteiger partial charge in [0.15, 0.2) is 0 Å². The Bertz CT molecular complexity index is 405. The van der Waals surface area contributed by atoms with Gasteiger partial charge in [-0.15, -0.1) is 0 Å². The minimum absolute atomic E-state index is 0.672. The Hall–Kier alpha value is -1.18. The van der Waals surface area contributed by atoms with Gasteiger partial charge in [0.05, 0.1) is 5.50 Å². The number of rotatable bonds is 0. The maximum atomic E-state index is 5.87. The molecule has 0 aromatic heterocycles. The first kappa shape index (κ1) is 9.38. The summed E-state index contributed by atoms with van der Waals surface area (Å²) < 4.78 is 5.65. The summed E-state index contributed by atoms with van der Waals surface area (Å²) in [6.45, 7) is 6.04. The van der Waals surface area contributed by atoms with E-state index >= 15 is 0 Å². The fourth-order valence-electron chi connectivity index (χ4n) is 1.63. The average molecular weight is 184 g/mol. The van der Waals surface area contributed by atoms with Crippen molar-refractivity contribution >= 4 is 13.9 Å². The summed E-state index contributed by atoms with van der Waals surface area (Å²) in [7, 11) is 5.87. The third kappa shape index (κ3) is 1.45. The van der Waals surface area contributed by atoms with Gasteiger partial charge in [-0.1, -0.05) is 18.2 Å². The van der Waals surface area contributed by atoms with Crippen molar-refractivity contribution in [1.29, 1.82) is 0 Å². The van der Waals surface area contributed by atoms with Crippen LogP contribution in [-0.4, -0.2) is 13.3 Å². The van der Waals surface area contributed by atoms with Crippen LogP contribution in [0.2, 0.25) is 0 Å². The number of benzene rings is 1. The Morgan fingerprint density at radius 1 is 1.29 bits per heavy atom. The minimum Gasteiger partial charge on any atom is -0.493 e. The van der Waals surface area contributed by atoms with Crippen LogP contribution in [0.15, 0.2) is 18.2 Å². The molecule has 0 fully saturated rings. The molecule has 0 spiro atoms. The van der Waals surface area contributed by atoms with Crippen LogP contribution >= 0.6 is 0 Å². The number of aryl methyl sites for hydroxylation is 1. The lowest BCUT2D eigenvalue weighted by Crippen LogP contribution is -2.32. The van der Waals surface area contributed by atoms with Crippen LogP contribution in [-0.2, 0) is 0 Å². The second-order valence-electron chi connectivity index (χ2n) is 4.04. The highest BCUT2D eigenvalue weighted by atomic mass is 16.5. The summed E-state index contributed by atoms with van der Waals surface area (Å²) >= 11 is 0. The normalized spacial score (nSPS) is 24.2. The summed E-state index contributed by atoms with van der Waals surface area (Å²) in [4.78, 5) is 0. The number of hydrogen-bond donors (Lipinski definition) is 0. The second kappa shape index (κ2) is 2.91. The van der Waals surface area contributed by atoms with Crippen LogP contribution in [0.3, 0.4) is 0 Å². The fourth-order valence-corrected chi connectivity index (χ4v) is 1.63. The molecule has 70 valence electrons. The first-order valence-electron chi connectivity index (χ1n) is 4.77. The zero-order valence-corrected chi connectivity index (χ0v) is 8.79. The van der Waals surface area contributed by atoms with Crippen molar-refractivity contribution in [2.75, 3.05) is 0 Å². The zero-order chi connectivity index (χ0) is 10.3. The van der Waals surface area contributed by atoms with Crippen molar-refractivity contribution in [2.45, 2.75) is 26.3 Å². The predicted molar refractivity (Wildman–Crippen MR) is 59.7 cm³/mol. The Balaban J connectivity index is 2.56. The van der Waals surface area contributed by atoms with Gasteiger partial charge in [0.1, 0.15) is 13.6 Å². The fraction of sp³-hybridized carbons (Fsp3) is 0.333. The lowest BCUT2D eigenvalue weighted by atomic mass is 9.80. The molecule has 0 saturated carbocycles. The quantitative estimate of drug-likeness (QED) is 0.563. The molecule has 0 saturated heterocycles. The third-order valence-electron chi connectivity index (χ3n) is 2.66. The molecule has 14 heavy (non-hydrogen) atoms. The summed E-state index contributed by atoms with van der Waals surface area (Å²) in [6.07, 6.45) is 3.93. The highest BCUT2D eigenvalue weighted by Crippen LogP contribution is 2.32. The molecule has 0 amide bonds. The van der Waals surface area contributed by atoms with Crippen molar-refractivity contribution in [2.24, 2.45) is 0 Å². The number of fused-ring (bicyclic) bond motifs is 1. The summed E-state index contributed by atoms with van der Waals surface area (Å²) in [5.41, 5.74) is 3.01. The van der Waals surface area contributed by atoms with Gasteiger partial charge < -0.3 is 4.74 Å². The van der Waals surface area contributed by atoms with Crippen molar-refractivity contribution in [3.63, 3.8) is 0 Å². The molecule has 0 aliphatic carbocycles. The largest absolute Gasteiger partial charge is 0.493 e. The molecular formula is C12H13BO. The number of ether oxygens (including phenoxy) is 1. The van der Waals surface area contributed by atoms with Crippen molar-refractivity contribution in [3.8, 4) is 5.75 Å². The van der Waals surface area contributed by atoms with Crippen LogP contribution in [0.5, 0.6) is 5.75 Å². The van der Waals surface area contributed by atoms with Gasteiger partial charge in [0.2, 0.25) is 0 Å². The van der Waals surface area contributed by atoms with E-state index in [4.69, 9.17) is 12.6 Å². The van der Waals surface area contributed by atoms with Gasteiger partial charge in [0, 0.05) is 5.56 Å². The van der Waals surface area contributed by atoms with Crippen LogP contribution in [0, 0.1) is 13.8 Å². The van der Waals surface area contributed by atoms with Gasteiger partial charge in [-0.2, -0.15) is 0 Å². The standard InChI is InChI=1S/C12H13BO/c1-8-4-5-11-10(9(8)2)6-7-12(3,13)14-11/h4-7H,1-3H3. The molecule has 1 aromatic rings. The topological polar surface area (TPSA) is 9.23 Å². The van der Waals surface area contributed by atoms with Crippen LogP contribution < -0.4 is 4.74 Å². The van der Waals surface area contributed by atoms with E-state index in [0.717, 1.165) is 11.3 Å². The van der Waals surface area contributed by atoms with E-state index < -0.39 is 5.50 Å². The van der Waals surface area contributed by atoms with Crippen LogP contribution in [0.4, 0.5) is 0 Å². The molecule has 2 rings (SSSR count). The molecule has 0 N–H and O–H groups in total. The van der Waals surface area contributed by atoms with Crippen molar-refractivity contribution in [1.82, 2.24) is 0 Å². The molecule has 1 aliphatic rings. The molecule has 2 heteroatoms. The second-order valence-corrected chi connectivity index (χ2v) is 4.04. The highest BCUT2D eigenvalue weighted by Gasteiger charge is 2.21. The van der Waals surface area contributed by atoms with E-state index in [1.807, 2.05) is 25.1 Å². The van der Waals surface area contributed by atoms with Gasteiger partial charge >= 0.3 is 0 Å². The monoisotopic (exact) mass is 184 g/mol.